The maximum absolute atomic E-state index is 13.1. The Labute approximate surface area is 219 Å². The molecule has 2 aromatic rings. The first-order valence-electron chi connectivity index (χ1n) is 13.0. The van der Waals surface area contributed by atoms with Crippen LogP contribution in [0.5, 0.6) is 0 Å². The Kier molecular flexibility index (Phi) is 10.7. The molecule has 0 bridgehead atoms. The van der Waals surface area contributed by atoms with Gasteiger partial charge in [0.25, 0.3) is 0 Å². The Morgan fingerprint density at radius 2 is 1.42 bits per heavy atom. The van der Waals surface area contributed by atoms with Crippen molar-refractivity contribution in [3.05, 3.63) is 81.9 Å². The molecule has 0 fully saturated rings. The lowest BCUT2D eigenvalue weighted by Crippen LogP contribution is -2.23. The molecule has 198 valence electrons. The van der Waals surface area contributed by atoms with Crippen LogP contribution in [-0.2, 0) is 14.6 Å². The van der Waals surface area contributed by atoms with Crippen molar-refractivity contribution in [2.24, 2.45) is 0 Å². The Balaban J connectivity index is 2.52. The van der Waals surface area contributed by atoms with Crippen LogP contribution < -0.4 is 0 Å². The fourth-order valence-electron chi connectivity index (χ4n) is 4.44. The van der Waals surface area contributed by atoms with Gasteiger partial charge in [0.2, 0.25) is 0 Å². The Hall–Kier alpha value is -2.24. The van der Waals surface area contributed by atoms with Crippen molar-refractivity contribution in [3.63, 3.8) is 0 Å². The normalized spacial score (nSPS) is 14.5. The van der Waals surface area contributed by atoms with Crippen LogP contribution in [0.25, 0.3) is 0 Å². The minimum Gasteiger partial charge on any atom is -0.366 e. The summed E-state index contributed by atoms with van der Waals surface area (Å²) in [5.74, 6) is 0.942. The third-order valence-corrected chi connectivity index (χ3v) is 7.41. The first kappa shape index (κ1) is 30.0. The summed E-state index contributed by atoms with van der Waals surface area (Å²) in [6, 6.07) is 13.8. The van der Waals surface area contributed by atoms with Gasteiger partial charge in [-0.3, -0.25) is 4.79 Å². The zero-order chi connectivity index (χ0) is 27.2. The van der Waals surface area contributed by atoms with E-state index in [9.17, 15) is 13.2 Å². The van der Waals surface area contributed by atoms with Crippen LogP contribution in [0.2, 0.25) is 0 Å². The summed E-state index contributed by atoms with van der Waals surface area (Å²) in [5.41, 5.74) is 6.41. The second-order valence-electron chi connectivity index (χ2n) is 10.9. The standard InChI is InChI=1S/C31H44O4S/c1-20(2)26-17-27(21(3)4)31(28(18-26)22(5)6)24(8)35-30(23(7)15-16-36(9,33)34)19-29(32)25-13-11-10-12-14-25/h10-15,17-18,20-22,24,30H,16,19H2,1-9H3/b23-15-/t24-,30+/m1/s1. The first-order valence-corrected chi connectivity index (χ1v) is 15.0. The van der Waals surface area contributed by atoms with Gasteiger partial charge in [-0.25, -0.2) is 8.42 Å². The summed E-state index contributed by atoms with van der Waals surface area (Å²) in [5, 5.41) is 0. The molecule has 0 aliphatic carbocycles. The van der Waals surface area contributed by atoms with E-state index in [0.717, 1.165) is 5.57 Å². The number of ketones is 1. The summed E-state index contributed by atoms with van der Waals surface area (Å²) >= 11 is 0. The lowest BCUT2D eigenvalue weighted by molar-refractivity contribution is 0.0129. The van der Waals surface area contributed by atoms with E-state index < -0.39 is 15.9 Å². The van der Waals surface area contributed by atoms with Crippen molar-refractivity contribution in [3.8, 4) is 0 Å². The molecule has 2 rings (SSSR count). The SMILES string of the molecule is C/C(=C/CS(C)(=O)=O)[C@H](CC(=O)c1ccccc1)O[C@H](C)c1c(C(C)C)cc(C(C)C)cc1C(C)C. The smallest absolute Gasteiger partial charge is 0.165 e. The van der Waals surface area contributed by atoms with Gasteiger partial charge in [-0.15, -0.1) is 0 Å². The predicted octanol–water partition coefficient (Wildman–Crippen LogP) is 7.77. The third kappa shape index (κ3) is 8.41. The highest BCUT2D eigenvalue weighted by Crippen LogP contribution is 2.38. The Morgan fingerprint density at radius 3 is 1.86 bits per heavy atom. The van der Waals surface area contributed by atoms with Gasteiger partial charge in [-0.2, -0.15) is 0 Å². The molecule has 0 amide bonds. The number of benzene rings is 2. The van der Waals surface area contributed by atoms with Crippen molar-refractivity contribution in [2.45, 2.75) is 91.8 Å². The quantitative estimate of drug-likeness (QED) is 0.215. The first-order chi connectivity index (χ1) is 16.7. The summed E-state index contributed by atoms with van der Waals surface area (Å²) < 4.78 is 30.3. The van der Waals surface area contributed by atoms with E-state index in [4.69, 9.17) is 4.74 Å². The van der Waals surface area contributed by atoms with Crippen LogP contribution in [0.3, 0.4) is 0 Å². The molecule has 2 aromatic carbocycles. The third-order valence-electron chi connectivity index (χ3n) is 6.63. The minimum atomic E-state index is -3.18. The van der Waals surface area contributed by atoms with E-state index in [-0.39, 0.29) is 24.1 Å². The van der Waals surface area contributed by atoms with Gasteiger partial charge in [0, 0.05) is 18.2 Å². The zero-order valence-corrected chi connectivity index (χ0v) is 24.3. The fourth-order valence-corrected chi connectivity index (χ4v) is 5.00. The molecule has 0 radical (unpaired) electrons. The maximum Gasteiger partial charge on any atom is 0.165 e. The van der Waals surface area contributed by atoms with E-state index in [1.807, 2.05) is 32.0 Å². The summed E-state index contributed by atoms with van der Waals surface area (Å²) in [7, 11) is -3.18. The zero-order valence-electron chi connectivity index (χ0n) is 23.5. The van der Waals surface area contributed by atoms with Gasteiger partial charge in [-0.05, 0) is 59.4 Å². The predicted molar refractivity (Wildman–Crippen MR) is 151 cm³/mol. The molecule has 0 N–H and O–H groups in total. The largest absolute Gasteiger partial charge is 0.366 e. The van der Waals surface area contributed by atoms with E-state index in [1.165, 1.54) is 28.5 Å². The van der Waals surface area contributed by atoms with Gasteiger partial charge >= 0.3 is 0 Å². The van der Waals surface area contributed by atoms with E-state index in [2.05, 4.69) is 53.7 Å². The van der Waals surface area contributed by atoms with Crippen molar-refractivity contribution in [1.29, 1.82) is 0 Å². The average molecular weight is 513 g/mol. The molecule has 0 heterocycles. The van der Waals surface area contributed by atoms with Gasteiger partial charge < -0.3 is 4.74 Å². The lowest BCUT2D eigenvalue weighted by Gasteiger charge is -2.30. The monoisotopic (exact) mass is 512 g/mol. The van der Waals surface area contributed by atoms with Crippen molar-refractivity contribution >= 4 is 15.6 Å². The number of sulfone groups is 1. The van der Waals surface area contributed by atoms with Gasteiger partial charge in [0.15, 0.2) is 15.6 Å². The van der Waals surface area contributed by atoms with Gasteiger partial charge in [0.05, 0.1) is 18.0 Å². The highest BCUT2D eigenvalue weighted by molar-refractivity contribution is 7.90. The maximum atomic E-state index is 13.1. The summed E-state index contributed by atoms with van der Waals surface area (Å²) in [6.45, 7) is 17.1. The van der Waals surface area contributed by atoms with E-state index >= 15 is 0 Å². The molecule has 5 heteroatoms. The molecule has 0 aliphatic heterocycles. The van der Waals surface area contributed by atoms with Crippen LogP contribution >= 0.6 is 0 Å². The Bertz CT molecular complexity index is 1130. The van der Waals surface area contributed by atoms with Crippen LogP contribution in [0, 0.1) is 0 Å². The molecule has 0 saturated carbocycles. The molecule has 2 atom stereocenters. The number of hydrogen-bond acceptors (Lipinski definition) is 4. The molecular weight excluding hydrogens is 468 g/mol. The molecule has 0 unspecified atom stereocenters. The molecule has 0 saturated heterocycles. The van der Waals surface area contributed by atoms with Crippen LogP contribution in [0.15, 0.2) is 54.1 Å². The number of carbonyl (C=O) groups is 1. The van der Waals surface area contributed by atoms with Crippen molar-refractivity contribution in [2.75, 3.05) is 12.0 Å². The molecule has 4 nitrogen and oxygen atoms in total. The highest BCUT2D eigenvalue weighted by atomic mass is 32.2. The molecular formula is C31H44O4S. The van der Waals surface area contributed by atoms with Crippen molar-refractivity contribution in [1.82, 2.24) is 0 Å². The number of Topliss-reactive ketones (excluding diaryl/α,β-unsaturated/α-hetero) is 1. The van der Waals surface area contributed by atoms with Gasteiger partial charge in [-0.1, -0.05) is 90.1 Å². The number of rotatable bonds is 12. The number of carbonyl (C=O) groups excluding carboxylic acids is 1. The lowest BCUT2D eigenvalue weighted by atomic mass is 9.82. The van der Waals surface area contributed by atoms with E-state index in [0.29, 0.717) is 23.3 Å². The topological polar surface area (TPSA) is 60.4 Å². The number of ether oxygens (including phenoxy) is 1. The van der Waals surface area contributed by atoms with E-state index in [1.54, 1.807) is 18.2 Å². The molecule has 36 heavy (non-hydrogen) atoms. The second-order valence-corrected chi connectivity index (χ2v) is 13.1. The summed E-state index contributed by atoms with van der Waals surface area (Å²) in [6.07, 6.45) is 2.25. The second kappa shape index (κ2) is 12.8. The van der Waals surface area contributed by atoms with Crippen LogP contribution in [-0.4, -0.2) is 32.3 Å². The molecule has 0 spiro atoms. The average Bonchev–Trinajstić information content (AvgIpc) is 2.80. The Morgan fingerprint density at radius 1 is 0.889 bits per heavy atom. The van der Waals surface area contributed by atoms with Gasteiger partial charge in [0.1, 0.15) is 0 Å². The molecule has 0 aromatic heterocycles. The molecule has 0 aliphatic rings. The number of hydrogen-bond donors (Lipinski definition) is 0. The fraction of sp³-hybridized carbons (Fsp3) is 0.516. The minimum absolute atomic E-state index is 0.0248. The van der Waals surface area contributed by atoms with Crippen LogP contribution in [0.4, 0.5) is 0 Å². The van der Waals surface area contributed by atoms with Crippen LogP contribution in [0.1, 0.15) is 118 Å². The summed E-state index contributed by atoms with van der Waals surface area (Å²) in [4.78, 5) is 13.1. The highest BCUT2D eigenvalue weighted by Gasteiger charge is 2.26. The van der Waals surface area contributed by atoms with Crippen molar-refractivity contribution < 1.29 is 17.9 Å².